The Labute approximate surface area is 119 Å². The summed E-state index contributed by atoms with van der Waals surface area (Å²) in [5.41, 5.74) is 0.433. The van der Waals surface area contributed by atoms with Crippen LogP contribution in [0.1, 0.15) is 30.2 Å². The summed E-state index contributed by atoms with van der Waals surface area (Å²) in [6.45, 7) is 3.92. The lowest BCUT2D eigenvalue weighted by molar-refractivity contribution is 0.0970. The Kier molecular flexibility index (Phi) is 4.04. The van der Waals surface area contributed by atoms with Gasteiger partial charge in [0, 0.05) is 28.5 Å². The third-order valence-electron chi connectivity index (χ3n) is 2.92. The second-order valence-corrected chi connectivity index (χ2v) is 5.47. The van der Waals surface area contributed by atoms with E-state index in [2.05, 4.69) is 15.9 Å². The molecule has 4 nitrogen and oxygen atoms in total. The molecule has 0 saturated carbocycles. The predicted molar refractivity (Wildman–Crippen MR) is 77.5 cm³/mol. The number of carbonyl (C=O) groups excluding carboxylic acids is 1. The normalized spacial score (nSPS) is 10.9. The third-order valence-corrected chi connectivity index (χ3v) is 3.61. The van der Waals surface area contributed by atoms with Crippen molar-refractivity contribution in [1.29, 1.82) is 0 Å². The van der Waals surface area contributed by atoms with E-state index in [1.54, 1.807) is 29.1 Å². The van der Waals surface area contributed by atoms with Gasteiger partial charge >= 0.3 is 5.69 Å². The Bertz CT molecular complexity index is 655. The van der Waals surface area contributed by atoms with E-state index in [0.717, 1.165) is 4.47 Å². The van der Waals surface area contributed by atoms with Crippen molar-refractivity contribution in [3.8, 4) is 0 Å². The molecule has 0 spiro atoms. The molecule has 2 rings (SSSR count). The minimum absolute atomic E-state index is 0.0567. The van der Waals surface area contributed by atoms with Gasteiger partial charge in [-0.1, -0.05) is 34.1 Å². The Hall–Kier alpha value is -1.62. The number of imidazole rings is 1. The molecular weight excluding hydrogens is 308 g/mol. The largest absolute Gasteiger partial charge is 0.328 e. The number of carbonyl (C=O) groups is 1. The van der Waals surface area contributed by atoms with Crippen molar-refractivity contribution in [1.82, 2.24) is 9.13 Å². The van der Waals surface area contributed by atoms with E-state index in [4.69, 9.17) is 0 Å². The summed E-state index contributed by atoms with van der Waals surface area (Å²) in [6.07, 6.45) is 3.36. The van der Waals surface area contributed by atoms with Crippen molar-refractivity contribution in [3.63, 3.8) is 0 Å². The molecule has 0 bridgehead atoms. The summed E-state index contributed by atoms with van der Waals surface area (Å²) in [6, 6.07) is 7.31. The lowest BCUT2D eigenvalue weighted by Gasteiger charge is -2.05. The van der Waals surface area contributed by atoms with E-state index in [1.165, 1.54) is 4.57 Å². The highest BCUT2D eigenvalue weighted by Gasteiger charge is 2.13. The molecule has 0 N–H and O–H groups in total. The first-order valence-corrected chi connectivity index (χ1v) is 6.85. The van der Waals surface area contributed by atoms with Gasteiger partial charge in [0.25, 0.3) is 0 Å². The maximum Gasteiger partial charge on any atom is 0.328 e. The molecule has 5 heteroatoms. The first kappa shape index (κ1) is 13.8. The molecule has 1 aromatic heterocycles. The van der Waals surface area contributed by atoms with Gasteiger partial charge in [-0.15, -0.1) is 0 Å². The first-order chi connectivity index (χ1) is 9.00. The quantitative estimate of drug-likeness (QED) is 0.812. The summed E-state index contributed by atoms with van der Waals surface area (Å²) < 4.78 is 3.78. The zero-order valence-electron chi connectivity index (χ0n) is 10.8. The van der Waals surface area contributed by atoms with Crippen LogP contribution in [0.15, 0.2) is 45.9 Å². The van der Waals surface area contributed by atoms with Crippen molar-refractivity contribution in [2.45, 2.75) is 26.4 Å². The van der Waals surface area contributed by atoms with Crippen LogP contribution in [0.2, 0.25) is 0 Å². The minimum atomic E-state index is -0.157. The van der Waals surface area contributed by atoms with Gasteiger partial charge in [0.1, 0.15) is 0 Å². The zero-order chi connectivity index (χ0) is 14.0. The van der Waals surface area contributed by atoms with E-state index in [-0.39, 0.29) is 24.1 Å². The molecule has 2 aromatic rings. The van der Waals surface area contributed by atoms with Crippen LogP contribution < -0.4 is 5.69 Å². The van der Waals surface area contributed by atoms with Gasteiger partial charge in [-0.2, -0.15) is 0 Å². The number of rotatable bonds is 4. The van der Waals surface area contributed by atoms with Gasteiger partial charge < -0.3 is 0 Å². The van der Waals surface area contributed by atoms with Crippen molar-refractivity contribution in [2.24, 2.45) is 0 Å². The van der Waals surface area contributed by atoms with Crippen molar-refractivity contribution in [2.75, 3.05) is 0 Å². The number of nitrogens with zero attached hydrogens (tertiary/aromatic N) is 2. The number of hydrogen-bond donors (Lipinski definition) is 0. The topological polar surface area (TPSA) is 44.0 Å². The van der Waals surface area contributed by atoms with Crippen LogP contribution in [0.3, 0.4) is 0 Å². The molecule has 0 atom stereocenters. The van der Waals surface area contributed by atoms with Crippen LogP contribution in [0, 0.1) is 0 Å². The Morgan fingerprint density at radius 2 is 1.95 bits per heavy atom. The molecule has 1 aromatic carbocycles. The van der Waals surface area contributed by atoms with Crippen LogP contribution in [0.25, 0.3) is 0 Å². The van der Waals surface area contributed by atoms with E-state index < -0.39 is 0 Å². The molecule has 0 saturated heterocycles. The van der Waals surface area contributed by atoms with E-state index >= 15 is 0 Å². The van der Waals surface area contributed by atoms with E-state index in [9.17, 15) is 9.59 Å². The van der Waals surface area contributed by atoms with Crippen molar-refractivity contribution >= 4 is 21.7 Å². The summed E-state index contributed by atoms with van der Waals surface area (Å²) in [7, 11) is 0. The number of halogens is 1. The standard InChI is InChI=1S/C14H15BrN2O2/c1-10(2)17-8-7-16(14(17)19)9-13(18)11-5-3-4-6-12(11)15/h3-8,10H,9H2,1-2H3. The van der Waals surface area contributed by atoms with Gasteiger partial charge in [-0.05, 0) is 19.9 Å². The number of Topliss-reactive ketones (excluding diaryl/α,β-unsaturated/α-hetero) is 1. The lowest BCUT2D eigenvalue weighted by Crippen LogP contribution is -2.27. The first-order valence-electron chi connectivity index (χ1n) is 6.05. The molecule has 19 heavy (non-hydrogen) atoms. The molecule has 100 valence electrons. The summed E-state index contributed by atoms with van der Waals surface area (Å²) in [5, 5.41) is 0. The molecule has 0 aliphatic heterocycles. The maximum atomic E-state index is 12.2. The van der Waals surface area contributed by atoms with Gasteiger partial charge in [0.2, 0.25) is 0 Å². The molecule has 0 unspecified atom stereocenters. The molecule has 0 amide bonds. The monoisotopic (exact) mass is 322 g/mol. The smallest absolute Gasteiger partial charge is 0.297 e. The number of ketones is 1. The average Bonchev–Trinajstić information content (AvgIpc) is 2.71. The van der Waals surface area contributed by atoms with Gasteiger partial charge in [-0.3, -0.25) is 13.9 Å². The third kappa shape index (κ3) is 2.87. The van der Waals surface area contributed by atoms with Gasteiger partial charge in [0.15, 0.2) is 5.78 Å². The molecular formula is C14H15BrN2O2. The summed E-state index contributed by atoms with van der Waals surface area (Å²) >= 11 is 3.34. The fourth-order valence-electron chi connectivity index (χ4n) is 1.87. The lowest BCUT2D eigenvalue weighted by atomic mass is 10.1. The minimum Gasteiger partial charge on any atom is -0.297 e. The summed E-state index contributed by atoms with van der Waals surface area (Å²) in [5.74, 6) is -0.0870. The molecule has 1 heterocycles. The van der Waals surface area contributed by atoms with Crippen LogP contribution >= 0.6 is 15.9 Å². The Morgan fingerprint density at radius 1 is 1.26 bits per heavy atom. The molecule has 0 aliphatic rings. The average molecular weight is 323 g/mol. The Morgan fingerprint density at radius 3 is 2.53 bits per heavy atom. The van der Waals surface area contributed by atoms with Crippen LogP contribution in [0.5, 0.6) is 0 Å². The zero-order valence-corrected chi connectivity index (χ0v) is 12.4. The highest BCUT2D eigenvalue weighted by Crippen LogP contribution is 2.16. The SMILES string of the molecule is CC(C)n1ccn(CC(=O)c2ccccc2Br)c1=O. The van der Waals surface area contributed by atoms with Crippen LogP contribution in [0.4, 0.5) is 0 Å². The number of hydrogen-bond acceptors (Lipinski definition) is 2. The highest BCUT2D eigenvalue weighted by atomic mass is 79.9. The van der Waals surface area contributed by atoms with Gasteiger partial charge in [-0.25, -0.2) is 4.79 Å². The van der Waals surface area contributed by atoms with E-state index in [1.807, 2.05) is 26.0 Å². The molecule has 0 radical (unpaired) electrons. The highest BCUT2D eigenvalue weighted by molar-refractivity contribution is 9.10. The van der Waals surface area contributed by atoms with Crippen LogP contribution in [-0.2, 0) is 6.54 Å². The summed E-state index contributed by atoms with van der Waals surface area (Å²) in [4.78, 5) is 24.2. The van der Waals surface area contributed by atoms with Crippen molar-refractivity contribution < 1.29 is 4.79 Å². The number of aromatic nitrogens is 2. The fraction of sp³-hybridized carbons (Fsp3) is 0.286. The second kappa shape index (κ2) is 5.57. The second-order valence-electron chi connectivity index (χ2n) is 4.61. The molecule has 0 aliphatic carbocycles. The Balaban J connectivity index is 2.25. The van der Waals surface area contributed by atoms with E-state index in [0.29, 0.717) is 5.56 Å². The van der Waals surface area contributed by atoms with Gasteiger partial charge in [0.05, 0.1) is 6.54 Å². The van der Waals surface area contributed by atoms with Crippen LogP contribution in [-0.4, -0.2) is 14.9 Å². The fourth-order valence-corrected chi connectivity index (χ4v) is 2.37. The van der Waals surface area contributed by atoms with Crippen molar-refractivity contribution in [3.05, 3.63) is 57.2 Å². The predicted octanol–water partition coefficient (Wildman–Crippen LogP) is 2.88. The maximum absolute atomic E-state index is 12.2. The number of benzene rings is 1. The molecule has 0 fully saturated rings.